The third-order valence-corrected chi connectivity index (χ3v) is 7.94. The molecule has 2 atom stereocenters. The van der Waals surface area contributed by atoms with Gasteiger partial charge < -0.3 is 16.0 Å². The maximum atomic E-state index is 13.0. The molecule has 11 heteroatoms. The van der Waals surface area contributed by atoms with Crippen molar-refractivity contribution in [3.8, 4) is 16.6 Å². The molecule has 10 nitrogen and oxygen atoms in total. The third-order valence-electron chi connectivity index (χ3n) is 6.85. The zero-order valence-electron chi connectivity index (χ0n) is 19.3. The number of aryl methyl sites for hydroxylation is 2. The van der Waals surface area contributed by atoms with Crippen LogP contribution < -0.4 is 11.1 Å². The van der Waals surface area contributed by atoms with Crippen molar-refractivity contribution in [2.75, 3.05) is 18.4 Å². The number of anilines is 1. The number of rotatable bonds is 6. The standard InChI is InChI=1S/C23H26N8O2S/c1-4-14-8-30(22(33)23(11-24)5-6-23)9-16(14)28-18-15(20(25)32)7-26-31-10-17(29-21(18)31)19-12(2)27-13(3)34-19/h7,10,14,16,28H,4-6,8-9H2,1-3H3,(H2,25,32)/t14-,16+/m0/s1. The van der Waals surface area contributed by atoms with Crippen molar-refractivity contribution < 1.29 is 9.59 Å². The summed E-state index contributed by atoms with van der Waals surface area (Å²) in [6.07, 6.45) is 5.35. The summed E-state index contributed by atoms with van der Waals surface area (Å²) in [6.45, 7) is 6.98. The summed E-state index contributed by atoms with van der Waals surface area (Å²) in [5.74, 6) is -0.535. The van der Waals surface area contributed by atoms with Crippen molar-refractivity contribution in [1.82, 2.24) is 24.5 Å². The molecule has 1 aliphatic carbocycles. The first-order valence-electron chi connectivity index (χ1n) is 11.4. The van der Waals surface area contributed by atoms with E-state index < -0.39 is 11.3 Å². The van der Waals surface area contributed by atoms with Gasteiger partial charge in [0.15, 0.2) is 5.65 Å². The maximum absolute atomic E-state index is 13.0. The van der Waals surface area contributed by atoms with E-state index >= 15 is 0 Å². The van der Waals surface area contributed by atoms with Gasteiger partial charge in [0, 0.05) is 19.1 Å². The molecule has 1 saturated heterocycles. The zero-order valence-corrected chi connectivity index (χ0v) is 20.1. The Morgan fingerprint density at radius 1 is 1.32 bits per heavy atom. The summed E-state index contributed by atoms with van der Waals surface area (Å²) < 4.78 is 1.63. The van der Waals surface area contributed by atoms with Crippen molar-refractivity contribution in [2.24, 2.45) is 17.1 Å². The van der Waals surface area contributed by atoms with Crippen molar-refractivity contribution in [1.29, 1.82) is 5.26 Å². The van der Waals surface area contributed by atoms with Crippen molar-refractivity contribution >= 4 is 34.5 Å². The largest absolute Gasteiger partial charge is 0.376 e. The van der Waals surface area contributed by atoms with E-state index in [0.29, 0.717) is 37.3 Å². The smallest absolute Gasteiger partial charge is 0.252 e. The first-order chi connectivity index (χ1) is 16.3. The summed E-state index contributed by atoms with van der Waals surface area (Å²) in [7, 11) is 0. The Balaban J connectivity index is 1.51. The maximum Gasteiger partial charge on any atom is 0.252 e. The molecule has 0 bridgehead atoms. The molecule has 34 heavy (non-hydrogen) atoms. The number of nitrogens with one attached hydrogen (secondary N) is 1. The fourth-order valence-electron chi connectivity index (χ4n) is 4.74. The van der Waals surface area contributed by atoms with Crippen LogP contribution in [0.4, 0.5) is 5.69 Å². The van der Waals surface area contributed by atoms with Crippen LogP contribution in [0.2, 0.25) is 0 Å². The van der Waals surface area contributed by atoms with E-state index in [-0.39, 0.29) is 23.4 Å². The number of imidazole rings is 1. The lowest BCUT2D eigenvalue weighted by molar-refractivity contribution is -0.134. The number of likely N-dealkylation sites (tertiary alicyclic amines) is 1. The molecule has 5 rings (SSSR count). The number of amides is 2. The SMILES string of the molecule is CC[C@H]1CN(C(=O)C2(C#N)CC2)C[C@H]1Nc1c(C(N)=O)cnn2cc(-c3sc(C)nc3C)nc12. The van der Waals surface area contributed by atoms with Gasteiger partial charge in [0.1, 0.15) is 11.1 Å². The third kappa shape index (κ3) is 3.58. The molecule has 4 heterocycles. The van der Waals surface area contributed by atoms with Crippen molar-refractivity contribution in [2.45, 2.75) is 46.1 Å². The van der Waals surface area contributed by atoms with E-state index in [2.05, 4.69) is 28.4 Å². The number of carbonyl (C=O) groups is 2. The summed E-state index contributed by atoms with van der Waals surface area (Å²) in [6, 6.07) is 2.09. The predicted molar refractivity (Wildman–Crippen MR) is 127 cm³/mol. The minimum absolute atomic E-state index is 0.0908. The quantitative estimate of drug-likeness (QED) is 0.554. The van der Waals surface area contributed by atoms with Crippen LogP contribution in [-0.4, -0.2) is 55.4 Å². The number of primary amides is 1. The van der Waals surface area contributed by atoms with Gasteiger partial charge in [0.05, 0.1) is 45.3 Å². The number of nitrogens with zero attached hydrogens (tertiary/aromatic N) is 6. The molecule has 3 aromatic rings. The van der Waals surface area contributed by atoms with Crippen molar-refractivity contribution in [3.63, 3.8) is 0 Å². The number of hydrogen-bond acceptors (Lipinski definition) is 8. The van der Waals surface area contributed by atoms with Gasteiger partial charge in [-0.3, -0.25) is 9.59 Å². The van der Waals surface area contributed by atoms with Crippen LogP contribution >= 0.6 is 11.3 Å². The van der Waals surface area contributed by atoms with E-state index in [0.717, 1.165) is 27.7 Å². The van der Waals surface area contributed by atoms with Gasteiger partial charge in [0.25, 0.3) is 5.91 Å². The van der Waals surface area contributed by atoms with Crippen LogP contribution in [0.25, 0.3) is 16.2 Å². The molecule has 0 radical (unpaired) electrons. The summed E-state index contributed by atoms with van der Waals surface area (Å²) in [4.78, 5) is 37.2. The Bertz CT molecular complexity index is 1350. The number of nitriles is 1. The number of aromatic nitrogens is 4. The van der Waals surface area contributed by atoms with Crippen LogP contribution in [0, 0.1) is 36.5 Å². The number of nitrogens with two attached hydrogens (primary N) is 1. The molecule has 1 aliphatic heterocycles. The lowest BCUT2D eigenvalue weighted by Gasteiger charge is -2.21. The van der Waals surface area contributed by atoms with E-state index in [1.807, 2.05) is 20.0 Å². The molecule has 0 unspecified atom stereocenters. The van der Waals surface area contributed by atoms with Gasteiger partial charge in [0.2, 0.25) is 5.91 Å². The lowest BCUT2D eigenvalue weighted by Crippen LogP contribution is -2.36. The van der Waals surface area contributed by atoms with E-state index in [9.17, 15) is 14.9 Å². The van der Waals surface area contributed by atoms with E-state index in [1.54, 1.807) is 20.8 Å². The molecular weight excluding hydrogens is 452 g/mol. The summed E-state index contributed by atoms with van der Waals surface area (Å²) in [5.41, 5.74) is 7.69. The second-order valence-corrected chi connectivity index (χ2v) is 10.4. The number of fused-ring (bicyclic) bond motifs is 1. The van der Waals surface area contributed by atoms with Gasteiger partial charge in [-0.1, -0.05) is 6.92 Å². The van der Waals surface area contributed by atoms with Crippen LogP contribution in [0.5, 0.6) is 0 Å². The number of hydrogen-bond donors (Lipinski definition) is 2. The van der Waals surface area contributed by atoms with Crippen LogP contribution in [0.15, 0.2) is 12.4 Å². The highest BCUT2D eigenvalue weighted by Gasteiger charge is 2.54. The Kier molecular flexibility index (Phi) is 5.28. The van der Waals surface area contributed by atoms with E-state index in [1.165, 1.54) is 6.20 Å². The molecule has 2 fully saturated rings. The van der Waals surface area contributed by atoms with Crippen LogP contribution in [-0.2, 0) is 4.79 Å². The first-order valence-corrected chi connectivity index (χ1v) is 12.2. The second kappa shape index (κ2) is 8.06. The van der Waals surface area contributed by atoms with Gasteiger partial charge >= 0.3 is 0 Å². The highest BCUT2D eigenvalue weighted by atomic mass is 32.1. The second-order valence-electron chi connectivity index (χ2n) is 9.16. The van der Waals surface area contributed by atoms with Gasteiger partial charge in [-0.15, -0.1) is 11.3 Å². The average Bonchev–Trinajstić information content (AvgIpc) is 3.13. The zero-order chi connectivity index (χ0) is 24.2. The van der Waals surface area contributed by atoms with Gasteiger partial charge in [-0.05, 0) is 39.0 Å². The molecule has 0 aromatic carbocycles. The normalized spacial score (nSPS) is 20.9. The molecule has 3 N–H and O–H groups in total. The van der Waals surface area contributed by atoms with Gasteiger partial charge in [-0.2, -0.15) is 10.4 Å². The fourth-order valence-corrected chi connectivity index (χ4v) is 5.62. The Hall–Kier alpha value is -3.52. The molecular formula is C23H26N8O2S. The van der Waals surface area contributed by atoms with Crippen LogP contribution in [0.3, 0.4) is 0 Å². The average molecular weight is 479 g/mol. The molecule has 1 saturated carbocycles. The molecule has 0 spiro atoms. The Labute approximate surface area is 200 Å². The minimum atomic E-state index is -0.849. The molecule has 3 aromatic heterocycles. The highest BCUT2D eigenvalue weighted by Crippen LogP contribution is 2.47. The Morgan fingerprint density at radius 3 is 2.68 bits per heavy atom. The molecule has 176 valence electrons. The van der Waals surface area contributed by atoms with E-state index in [4.69, 9.17) is 10.7 Å². The fraction of sp³-hybridized carbons (Fsp3) is 0.478. The van der Waals surface area contributed by atoms with Gasteiger partial charge in [-0.25, -0.2) is 14.5 Å². The monoisotopic (exact) mass is 478 g/mol. The predicted octanol–water partition coefficient (Wildman–Crippen LogP) is 2.52. The number of carbonyl (C=O) groups excluding carboxylic acids is 2. The number of thiazole rings is 1. The van der Waals surface area contributed by atoms with Crippen molar-refractivity contribution in [3.05, 3.63) is 28.7 Å². The molecule has 2 amide bonds. The topological polar surface area (TPSA) is 142 Å². The lowest BCUT2D eigenvalue weighted by atomic mass is 10.0. The highest BCUT2D eigenvalue weighted by molar-refractivity contribution is 7.15. The Morgan fingerprint density at radius 2 is 2.09 bits per heavy atom. The summed E-state index contributed by atoms with van der Waals surface area (Å²) in [5, 5.41) is 18.2. The summed E-state index contributed by atoms with van der Waals surface area (Å²) >= 11 is 1.55. The molecule has 2 aliphatic rings. The van der Waals surface area contributed by atoms with Crippen LogP contribution in [0.1, 0.15) is 47.2 Å². The minimum Gasteiger partial charge on any atom is -0.376 e. The first kappa shape index (κ1) is 22.3.